The molecule has 0 aromatic heterocycles. The van der Waals surface area contributed by atoms with Crippen molar-refractivity contribution in [2.75, 3.05) is 23.8 Å². The molecule has 0 bridgehead atoms. The fourth-order valence-corrected chi connectivity index (χ4v) is 4.13. The van der Waals surface area contributed by atoms with Crippen molar-refractivity contribution in [2.45, 2.75) is 25.5 Å². The van der Waals surface area contributed by atoms with E-state index < -0.39 is 24.9 Å². The quantitative estimate of drug-likeness (QED) is 0.668. The minimum Gasteiger partial charge on any atom is -0.330 e. The predicted molar refractivity (Wildman–Crippen MR) is 61.2 cm³/mol. The zero-order valence-electron chi connectivity index (χ0n) is 9.14. The van der Waals surface area contributed by atoms with E-state index in [9.17, 15) is 16.8 Å². The van der Waals surface area contributed by atoms with Crippen molar-refractivity contribution in [1.82, 2.24) is 0 Å². The van der Waals surface area contributed by atoms with Crippen LogP contribution in [0.2, 0.25) is 0 Å². The van der Waals surface area contributed by atoms with Gasteiger partial charge in [-0.2, -0.15) is 0 Å². The van der Waals surface area contributed by atoms with Crippen LogP contribution < -0.4 is 5.73 Å². The van der Waals surface area contributed by atoms with Crippen LogP contribution in [0.25, 0.3) is 0 Å². The lowest BCUT2D eigenvalue weighted by Crippen LogP contribution is -2.27. The second kappa shape index (κ2) is 5.81. The Morgan fingerprint density at radius 3 is 2.07 bits per heavy atom. The third-order valence-electron chi connectivity index (χ3n) is 2.30. The number of hydrogen-bond acceptors (Lipinski definition) is 5. The van der Waals surface area contributed by atoms with Crippen molar-refractivity contribution >= 4 is 19.7 Å². The van der Waals surface area contributed by atoms with Crippen molar-refractivity contribution in [2.24, 2.45) is 5.73 Å². The van der Waals surface area contributed by atoms with Crippen molar-refractivity contribution < 1.29 is 16.8 Å². The lowest BCUT2D eigenvalue weighted by Gasteiger charge is -2.11. The molecule has 0 aromatic carbocycles. The second-order valence-electron chi connectivity index (χ2n) is 3.49. The highest BCUT2D eigenvalue weighted by Gasteiger charge is 2.22. The Morgan fingerprint density at radius 1 is 1.13 bits per heavy atom. The van der Waals surface area contributed by atoms with Gasteiger partial charge < -0.3 is 5.73 Å². The first-order valence-corrected chi connectivity index (χ1v) is 8.41. The summed E-state index contributed by atoms with van der Waals surface area (Å²) in [6.45, 7) is 3.35. The van der Waals surface area contributed by atoms with Crippen molar-refractivity contribution in [3.63, 3.8) is 0 Å². The molecule has 0 heterocycles. The maximum Gasteiger partial charge on any atom is 0.153 e. The maximum atomic E-state index is 11.6. The molecule has 0 amide bonds. The molecule has 0 aliphatic carbocycles. The summed E-state index contributed by atoms with van der Waals surface area (Å²) in [6.07, 6.45) is 0.370. The Kier molecular flexibility index (Phi) is 5.76. The van der Waals surface area contributed by atoms with E-state index in [1.54, 1.807) is 6.92 Å². The average Bonchev–Trinajstić information content (AvgIpc) is 2.16. The summed E-state index contributed by atoms with van der Waals surface area (Å²) in [7, 11) is -6.54. The van der Waals surface area contributed by atoms with E-state index in [4.69, 9.17) is 5.73 Å². The third-order valence-corrected chi connectivity index (χ3v) is 6.50. The lowest BCUT2D eigenvalue weighted by molar-refractivity contribution is 0.575. The molecular weight excluding hydrogens is 238 g/mol. The van der Waals surface area contributed by atoms with Gasteiger partial charge in [-0.05, 0) is 19.9 Å². The van der Waals surface area contributed by atoms with Gasteiger partial charge in [-0.1, -0.05) is 6.92 Å². The summed E-state index contributed by atoms with van der Waals surface area (Å²) in [6, 6.07) is 0. The smallest absolute Gasteiger partial charge is 0.153 e. The lowest BCUT2D eigenvalue weighted by atomic mass is 10.3. The van der Waals surface area contributed by atoms with Crippen LogP contribution in [0, 0.1) is 0 Å². The largest absolute Gasteiger partial charge is 0.330 e. The van der Waals surface area contributed by atoms with E-state index in [1.807, 2.05) is 0 Å². The second-order valence-corrected chi connectivity index (χ2v) is 8.50. The Hall–Kier alpha value is -0.140. The molecule has 92 valence electrons. The Morgan fingerprint density at radius 2 is 1.67 bits per heavy atom. The topological polar surface area (TPSA) is 94.3 Å². The number of hydrogen-bond donors (Lipinski definition) is 1. The third kappa shape index (κ3) is 5.48. The standard InChI is InChI=1S/C8H19NO4S2/c1-3-14(10,11)6-7-15(12,13)8(2)4-5-9/h8H,3-7,9H2,1-2H3. The van der Waals surface area contributed by atoms with Crippen molar-refractivity contribution in [1.29, 1.82) is 0 Å². The van der Waals surface area contributed by atoms with Crippen LogP contribution >= 0.6 is 0 Å². The molecule has 0 spiro atoms. The van der Waals surface area contributed by atoms with Crippen LogP contribution in [0.1, 0.15) is 20.3 Å². The Balaban J connectivity index is 4.41. The van der Waals surface area contributed by atoms with E-state index >= 15 is 0 Å². The van der Waals surface area contributed by atoms with Gasteiger partial charge in [0.05, 0.1) is 16.8 Å². The first-order chi connectivity index (χ1) is 6.75. The summed E-state index contributed by atoms with van der Waals surface area (Å²) in [5.74, 6) is -0.612. The molecule has 2 N–H and O–H groups in total. The molecule has 1 unspecified atom stereocenters. The van der Waals surface area contributed by atoms with Gasteiger partial charge in [-0.25, -0.2) is 16.8 Å². The van der Waals surface area contributed by atoms with E-state index in [0.29, 0.717) is 13.0 Å². The number of rotatable bonds is 7. The molecular formula is C8H19NO4S2. The van der Waals surface area contributed by atoms with Gasteiger partial charge in [0, 0.05) is 5.75 Å². The fraction of sp³-hybridized carbons (Fsp3) is 1.00. The van der Waals surface area contributed by atoms with Gasteiger partial charge in [-0.3, -0.25) is 0 Å². The average molecular weight is 257 g/mol. The first-order valence-electron chi connectivity index (χ1n) is 4.87. The molecule has 5 nitrogen and oxygen atoms in total. The van der Waals surface area contributed by atoms with Crippen LogP contribution in [-0.4, -0.2) is 45.9 Å². The molecule has 0 aliphatic rings. The summed E-state index contributed by atoms with van der Waals surface area (Å²) in [4.78, 5) is 0. The minimum atomic E-state index is -3.32. The highest BCUT2D eigenvalue weighted by Crippen LogP contribution is 2.06. The van der Waals surface area contributed by atoms with Gasteiger partial charge >= 0.3 is 0 Å². The Bertz CT molecular complexity index is 371. The molecule has 0 fully saturated rings. The number of sulfone groups is 2. The minimum absolute atomic E-state index is 0.0200. The summed E-state index contributed by atoms with van der Waals surface area (Å²) < 4.78 is 45.4. The molecule has 0 rings (SSSR count). The molecule has 0 saturated heterocycles. The van der Waals surface area contributed by atoms with E-state index in [1.165, 1.54) is 6.92 Å². The molecule has 0 radical (unpaired) electrons. The predicted octanol–water partition coefficient (Wildman–Crippen LogP) is -0.427. The maximum absolute atomic E-state index is 11.6. The van der Waals surface area contributed by atoms with Gasteiger partial charge in [0.25, 0.3) is 0 Å². The molecule has 0 saturated carbocycles. The zero-order chi connectivity index (χ0) is 12.1. The fourth-order valence-electron chi connectivity index (χ4n) is 1.00. The SMILES string of the molecule is CCS(=O)(=O)CCS(=O)(=O)C(C)CCN. The van der Waals surface area contributed by atoms with Crippen LogP contribution in [-0.2, 0) is 19.7 Å². The monoisotopic (exact) mass is 257 g/mol. The molecule has 7 heteroatoms. The van der Waals surface area contributed by atoms with E-state index in [-0.39, 0.29) is 17.3 Å². The Labute approximate surface area is 91.9 Å². The van der Waals surface area contributed by atoms with Crippen LogP contribution in [0.15, 0.2) is 0 Å². The summed E-state index contributed by atoms with van der Waals surface area (Å²) in [5.41, 5.74) is 5.25. The summed E-state index contributed by atoms with van der Waals surface area (Å²) in [5, 5.41) is -0.561. The highest BCUT2D eigenvalue weighted by molar-refractivity contribution is 7.95. The molecule has 15 heavy (non-hydrogen) atoms. The van der Waals surface area contributed by atoms with Crippen LogP contribution in [0.3, 0.4) is 0 Å². The molecule has 0 aliphatic heterocycles. The van der Waals surface area contributed by atoms with E-state index in [2.05, 4.69) is 0 Å². The molecule has 1 atom stereocenters. The van der Waals surface area contributed by atoms with Crippen molar-refractivity contribution in [3.8, 4) is 0 Å². The van der Waals surface area contributed by atoms with Gasteiger partial charge in [0.15, 0.2) is 19.7 Å². The normalized spacial score (nSPS) is 15.1. The molecule has 0 aromatic rings. The van der Waals surface area contributed by atoms with Gasteiger partial charge in [0.2, 0.25) is 0 Å². The zero-order valence-corrected chi connectivity index (χ0v) is 10.8. The van der Waals surface area contributed by atoms with Gasteiger partial charge in [-0.15, -0.1) is 0 Å². The summed E-state index contributed by atoms with van der Waals surface area (Å²) >= 11 is 0. The van der Waals surface area contributed by atoms with Crippen LogP contribution in [0.5, 0.6) is 0 Å². The van der Waals surface area contributed by atoms with Gasteiger partial charge in [0.1, 0.15) is 0 Å². The van der Waals surface area contributed by atoms with Crippen LogP contribution in [0.4, 0.5) is 0 Å². The van der Waals surface area contributed by atoms with E-state index in [0.717, 1.165) is 0 Å². The number of nitrogens with two attached hydrogens (primary N) is 1. The first kappa shape index (κ1) is 14.9. The van der Waals surface area contributed by atoms with Crippen molar-refractivity contribution in [3.05, 3.63) is 0 Å². The highest BCUT2D eigenvalue weighted by atomic mass is 32.2.